The standard InChI is InChI=1S/C18H18N2O3/c19-17(21)13-23-18(22)20-12-5-1-2-7-14-9-6-10-15-8-3-4-11-16(14)15/h3-4,6,8-11H,1,5,12-13H2,(H2,19,21)(H,20,22)/p+1. The average molecular weight is 311 g/mol. The maximum absolute atomic E-state index is 11.2. The van der Waals surface area contributed by atoms with Crippen molar-refractivity contribution in [3.05, 3.63) is 48.0 Å². The van der Waals surface area contributed by atoms with E-state index in [0.29, 0.717) is 13.0 Å². The molecule has 0 radical (unpaired) electrons. The quantitative estimate of drug-likeness (QED) is 0.642. The Labute approximate surface area is 134 Å². The number of amides is 2. The number of benzene rings is 2. The van der Waals surface area contributed by atoms with Crippen LogP contribution in [0, 0.1) is 11.8 Å². The highest BCUT2D eigenvalue weighted by molar-refractivity contribution is 5.88. The number of fused-ring (bicyclic) bond motifs is 1. The lowest BCUT2D eigenvalue weighted by molar-refractivity contribution is -0.570. The SMILES string of the molecule is NC(=O)COC(=O)[NH2+]CCCC#Cc1cccc2ccccc12. The fraction of sp³-hybridized carbons (Fsp3) is 0.222. The molecule has 2 aromatic rings. The van der Waals surface area contributed by atoms with Crippen molar-refractivity contribution in [1.82, 2.24) is 0 Å². The Bertz CT molecular complexity index is 754. The Hall–Kier alpha value is -2.84. The molecule has 0 atom stereocenters. The van der Waals surface area contributed by atoms with E-state index in [2.05, 4.69) is 34.8 Å². The minimum atomic E-state index is -0.660. The molecule has 5 nitrogen and oxygen atoms in total. The largest absolute Gasteiger partial charge is 0.513 e. The molecule has 23 heavy (non-hydrogen) atoms. The third-order valence-corrected chi connectivity index (χ3v) is 3.19. The van der Waals surface area contributed by atoms with Crippen LogP contribution in [0.15, 0.2) is 42.5 Å². The summed E-state index contributed by atoms with van der Waals surface area (Å²) in [5.41, 5.74) is 5.89. The lowest BCUT2D eigenvalue weighted by Crippen LogP contribution is -2.88. The second kappa shape index (κ2) is 8.57. The summed E-state index contributed by atoms with van der Waals surface area (Å²) in [4.78, 5) is 21.7. The average Bonchev–Trinajstić information content (AvgIpc) is 2.56. The van der Waals surface area contributed by atoms with Crippen molar-refractivity contribution in [2.45, 2.75) is 12.8 Å². The number of hydrogen-bond acceptors (Lipinski definition) is 3. The van der Waals surface area contributed by atoms with Crippen molar-refractivity contribution in [3.63, 3.8) is 0 Å². The molecule has 0 unspecified atom stereocenters. The highest BCUT2D eigenvalue weighted by atomic mass is 16.6. The first-order chi connectivity index (χ1) is 11.2. The molecular formula is C18H19N2O3+. The Morgan fingerprint density at radius 2 is 1.91 bits per heavy atom. The van der Waals surface area contributed by atoms with Gasteiger partial charge in [-0.3, -0.25) is 4.79 Å². The fourth-order valence-corrected chi connectivity index (χ4v) is 2.10. The molecule has 0 aliphatic carbocycles. The zero-order chi connectivity index (χ0) is 16.5. The molecule has 2 amide bonds. The second-order valence-corrected chi connectivity index (χ2v) is 5.00. The third kappa shape index (κ3) is 5.46. The number of rotatable bonds is 5. The molecule has 0 spiro atoms. The Morgan fingerprint density at radius 3 is 2.74 bits per heavy atom. The van der Waals surface area contributed by atoms with E-state index >= 15 is 0 Å². The van der Waals surface area contributed by atoms with Crippen molar-refractivity contribution >= 4 is 22.8 Å². The number of carbonyl (C=O) groups excluding carboxylic acids is 2. The summed E-state index contributed by atoms with van der Waals surface area (Å²) in [6.07, 6.45) is 0.914. The first-order valence-corrected chi connectivity index (χ1v) is 7.42. The lowest BCUT2D eigenvalue weighted by atomic mass is 10.0. The summed E-state index contributed by atoms with van der Waals surface area (Å²) >= 11 is 0. The number of carbonyl (C=O) groups is 2. The van der Waals surface area contributed by atoms with Gasteiger partial charge in [0.2, 0.25) is 0 Å². The predicted octanol–water partition coefficient (Wildman–Crippen LogP) is 1.16. The third-order valence-electron chi connectivity index (χ3n) is 3.19. The van der Waals surface area contributed by atoms with E-state index in [1.54, 1.807) is 0 Å². The van der Waals surface area contributed by atoms with Gasteiger partial charge in [0.15, 0.2) is 6.61 Å². The molecule has 0 aromatic heterocycles. The molecule has 2 aromatic carbocycles. The van der Waals surface area contributed by atoms with Crippen molar-refractivity contribution in [1.29, 1.82) is 0 Å². The van der Waals surface area contributed by atoms with Crippen LogP contribution in [0.5, 0.6) is 0 Å². The van der Waals surface area contributed by atoms with E-state index in [4.69, 9.17) is 5.73 Å². The van der Waals surface area contributed by atoms with Crippen LogP contribution in [0.25, 0.3) is 10.8 Å². The van der Waals surface area contributed by atoms with Gasteiger partial charge in [-0.1, -0.05) is 48.2 Å². The van der Waals surface area contributed by atoms with E-state index in [9.17, 15) is 9.59 Å². The lowest BCUT2D eigenvalue weighted by Gasteiger charge is -1.99. The topological polar surface area (TPSA) is 86.0 Å². The number of hydrogen-bond donors (Lipinski definition) is 2. The van der Waals surface area contributed by atoms with Crippen LogP contribution in [0.1, 0.15) is 18.4 Å². The zero-order valence-electron chi connectivity index (χ0n) is 12.7. The van der Waals surface area contributed by atoms with Crippen molar-refractivity contribution in [3.8, 4) is 11.8 Å². The fourth-order valence-electron chi connectivity index (χ4n) is 2.10. The van der Waals surface area contributed by atoms with Gasteiger partial charge in [-0.15, -0.1) is 0 Å². The van der Waals surface area contributed by atoms with Gasteiger partial charge in [0.05, 0.1) is 6.54 Å². The minimum Gasteiger partial charge on any atom is -0.410 e. The molecule has 0 saturated heterocycles. The summed E-state index contributed by atoms with van der Waals surface area (Å²) in [5.74, 6) is 5.64. The van der Waals surface area contributed by atoms with Gasteiger partial charge in [0, 0.05) is 18.4 Å². The van der Waals surface area contributed by atoms with E-state index in [1.165, 1.54) is 10.7 Å². The van der Waals surface area contributed by atoms with Gasteiger partial charge in [-0.2, -0.15) is 4.79 Å². The Morgan fingerprint density at radius 1 is 1.13 bits per heavy atom. The van der Waals surface area contributed by atoms with Gasteiger partial charge in [0.1, 0.15) is 0 Å². The minimum absolute atomic E-state index is 0.379. The van der Waals surface area contributed by atoms with Crippen molar-refractivity contribution in [2.75, 3.05) is 13.2 Å². The smallest absolute Gasteiger partial charge is 0.410 e. The molecule has 2 rings (SSSR count). The van der Waals surface area contributed by atoms with E-state index in [-0.39, 0.29) is 6.61 Å². The van der Waals surface area contributed by atoms with Crippen LogP contribution in [-0.2, 0) is 9.53 Å². The molecule has 5 heteroatoms. The van der Waals surface area contributed by atoms with E-state index < -0.39 is 12.0 Å². The number of ether oxygens (including phenoxy) is 1. The molecule has 0 aliphatic rings. The monoisotopic (exact) mass is 311 g/mol. The molecule has 118 valence electrons. The number of nitrogens with two attached hydrogens (primary N) is 2. The molecule has 0 saturated carbocycles. The molecule has 4 N–H and O–H groups in total. The van der Waals surface area contributed by atoms with Crippen LogP contribution in [0.2, 0.25) is 0 Å². The Balaban J connectivity index is 1.78. The number of unbranched alkanes of at least 4 members (excludes halogenated alkanes) is 1. The maximum atomic E-state index is 11.2. The summed E-state index contributed by atoms with van der Waals surface area (Å²) in [6, 6.07) is 14.2. The van der Waals surface area contributed by atoms with Gasteiger partial charge in [-0.05, 0) is 16.8 Å². The first-order valence-electron chi connectivity index (χ1n) is 7.42. The molecule has 0 bridgehead atoms. The summed E-state index contributed by atoms with van der Waals surface area (Å²) in [7, 11) is 0. The van der Waals surface area contributed by atoms with Crippen molar-refractivity contribution in [2.24, 2.45) is 5.73 Å². The van der Waals surface area contributed by atoms with Crippen LogP contribution in [0.3, 0.4) is 0 Å². The van der Waals surface area contributed by atoms with Gasteiger partial charge >= 0.3 is 6.09 Å². The van der Waals surface area contributed by atoms with Gasteiger partial charge < -0.3 is 10.5 Å². The first kappa shape index (κ1) is 16.5. The zero-order valence-corrected chi connectivity index (χ0v) is 12.7. The number of quaternary nitrogens is 1. The normalized spacial score (nSPS) is 9.91. The summed E-state index contributed by atoms with van der Waals surface area (Å²) < 4.78 is 4.62. The predicted molar refractivity (Wildman–Crippen MR) is 87.4 cm³/mol. The van der Waals surface area contributed by atoms with Crippen LogP contribution in [-0.4, -0.2) is 25.2 Å². The van der Waals surface area contributed by atoms with Gasteiger partial charge in [-0.25, -0.2) is 5.32 Å². The van der Waals surface area contributed by atoms with Crippen LogP contribution < -0.4 is 11.1 Å². The number of primary amides is 2. The molecular weight excluding hydrogens is 292 g/mol. The van der Waals surface area contributed by atoms with E-state index in [0.717, 1.165) is 17.4 Å². The summed E-state index contributed by atoms with van der Waals surface area (Å²) in [6.45, 7) is 0.179. The van der Waals surface area contributed by atoms with Gasteiger partial charge in [0.25, 0.3) is 5.91 Å². The Kier molecular flexibility index (Phi) is 6.16. The molecule has 0 aliphatic heterocycles. The van der Waals surface area contributed by atoms with Crippen LogP contribution in [0.4, 0.5) is 4.79 Å². The van der Waals surface area contributed by atoms with E-state index in [1.807, 2.05) is 24.3 Å². The summed E-state index contributed by atoms with van der Waals surface area (Å²) in [5, 5.41) is 3.72. The van der Waals surface area contributed by atoms with Crippen LogP contribution >= 0.6 is 0 Å². The van der Waals surface area contributed by atoms with Crippen molar-refractivity contribution < 1.29 is 19.6 Å². The molecule has 0 fully saturated rings. The second-order valence-electron chi connectivity index (χ2n) is 5.00. The molecule has 0 heterocycles. The maximum Gasteiger partial charge on any atom is 0.513 e. The highest BCUT2D eigenvalue weighted by Crippen LogP contribution is 2.17. The highest BCUT2D eigenvalue weighted by Gasteiger charge is 2.07.